The number of carbonyl (C=O) groups excluding carboxylic acids is 2. The lowest BCUT2D eigenvalue weighted by atomic mass is 9.99. The number of fused-ring (bicyclic) bond motifs is 1. The molecule has 0 saturated heterocycles. The molecule has 0 aliphatic carbocycles. The maximum absolute atomic E-state index is 12.1. The van der Waals surface area contributed by atoms with E-state index in [1.807, 2.05) is 31.3 Å². The van der Waals surface area contributed by atoms with Crippen LogP contribution in [0, 0.1) is 0 Å². The van der Waals surface area contributed by atoms with Gasteiger partial charge in [0, 0.05) is 12.0 Å². The van der Waals surface area contributed by atoms with Gasteiger partial charge in [0.1, 0.15) is 13.1 Å². The minimum atomic E-state index is -4.53. The highest BCUT2D eigenvalue weighted by molar-refractivity contribution is 5.94. The van der Waals surface area contributed by atoms with Crippen molar-refractivity contribution in [3.63, 3.8) is 0 Å². The molecule has 0 fully saturated rings. The van der Waals surface area contributed by atoms with E-state index >= 15 is 0 Å². The third kappa shape index (κ3) is 6.59. The molecule has 0 saturated carbocycles. The number of carbonyl (C=O) groups is 2. The maximum Gasteiger partial charge on any atom is 0.405 e. The summed E-state index contributed by atoms with van der Waals surface area (Å²) in [6.45, 7) is 4.47. The first kappa shape index (κ1) is 21.8. The molecule has 28 heavy (non-hydrogen) atoms. The van der Waals surface area contributed by atoms with E-state index in [4.69, 9.17) is 9.47 Å². The first-order chi connectivity index (χ1) is 13.2. The van der Waals surface area contributed by atoms with Crippen molar-refractivity contribution < 1.29 is 37.1 Å². The Bertz CT molecular complexity index is 710. The van der Waals surface area contributed by atoms with Crippen molar-refractivity contribution >= 4 is 11.9 Å². The fourth-order valence-corrected chi connectivity index (χ4v) is 3.02. The normalized spacial score (nSPS) is 16.1. The zero-order chi connectivity index (χ0) is 20.7. The molecule has 0 aromatic heterocycles. The third-order valence-electron chi connectivity index (χ3n) is 4.17. The number of nitrogens with one attached hydrogen (secondary N) is 3. The van der Waals surface area contributed by atoms with Gasteiger partial charge < -0.3 is 19.7 Å². The van der Waals surface area contributed by atoms with Crippen LogP contribution in [0.1, 0.15) is 25.0 Å². The molecule has 1 aromatic carbocycles. The van der Waals surface area contributed by atoms with Crippen molar-refractivity contribution in [1.82, 2.24) is 10.6 Å². The summed E-state index contributed by atoms with van der Waals surface area (Å²) in [5, 5.41) is 3.54. The van der Waals surface area contributed by atoms with E-state index in [9.17, 15) is 22.8 Å². The Morgan fingerprint density at radius 1 is 1.11 bits per heavy atom. The molecule has 1 aliphatic rings. The largest absolute Gasteiger partial charge is 0.490 e. The molecule has 7 nitrogen and oxygen atoms in total. The Balaban J connectivity index is 1.94. The minimum absolute atomic E-state index is 0.0178. The van der Waals surface area contributed by atoms with Gasteiger partial charge in [-0.15, -0.1) is 0 Å². The molecule has 0 bridgehead atoms. The summed E-state index contributed by atoms with van der Waals surface area (Å²) in [5.74, 6) is 0.694. The summed E-state index contributed by atoms with van der Waals surface area (Å²) in [6, 6.07) is 2.70. The molecule has 0 spiro atoms. The number of alkyl halides is 3. The van der Waals surface area contributed by atoms with Crippen LogP contribution in [0.3, 0.4) is 0 Å². The topological polar surface area (TPSA) is 81.1 Å². The molecule has 3 amide bonds. The second-order valence-electron chi connectivity index (χ2n) is 6.38. The molecular formula is C18H25F3N3O4+. The van der Waals surface area contributed by atoms with Crippen LogP contribution in [-0.4, -0.2) is 51.0 Å². The summed E-state index contributed by atoms with van der Waals surface area (Å²) in [6.07, 6.45) is -3.81. The number of urea groups is 1. The Labute approximate surface area is 161 Å². The molecule has 3 N–H and O–H groups in total. The van der Waals surface area contributed by atoms with E-state index in [1.165, 1.54) is 0 Å². The Hall–Kier alpha value is -2.49. The van der Waals surface area contributed by atoms with Crippen molar-refractivity contribution in [2.24, 2.45) is 0 Å². The quantitative estimate of drug-likeness (QED) is 0.629. The molecule has 10 heteroatoms. The van der Waals surface area contributed by atoms with E-state index in [-0.39, 0.29) is 6.54 Å². The van der Waals surface area contributed by atoms with Gasteiger partial charge >= 0.3 is 12.2 Å². The number of benzene rings is 1. The second-order valence-corrected chi connectivity index (χ2v) is 6.38. The zero-order valence-electron chi connectivity index (χ0n) is 15.9. The predicted molar refractivity (Wildman–Crippen MR) is 94.5 cm³/mol. The molecule has 1 unspecified atom stereocenters. The first-order valence-corrected chi connectivity index (χ1v) is 9.11. The van der Waals surface area contributed by atoms with Gasteiger partial charge in [-0.1, -0.05) is 0 Å². The summed E-state index contributed by atoms with van der Waals surface area (Å²) in [4.78, 5) is 24.2. The number of rotatable bonds is 7. The highest BCUT2D eigenvalue weighted by atomic mass is 19.4. The van der Waals surface area contributed by atoms with E-state index in [0.29, 0.717) is 44.2 Å². The van der Waals surface area contributed by atoms with Crippen LogP contribution in [0.15, 0.2) is 12.1 Å². The van der Waals surface area contributed by atoms with Crippen LogP contribution in [0.25, 0.3) is 0 Å². The van der Waals surface area contributed by atoms with E-state index in [2.05, 4.69) is 0 Å². The summed E-state index contributed by atoms with van der Waals surface area (Å²) in [7, 11) is 0. The number of halogens is 3. The van der Waals surface area contributed by atoms with Gasteiger partial charge in [0.15, 0.2) is 18.0 Å². The Morgan fingerprint density at radius 3 is 2.29 bits per heavy atom. The molecule has 156 valence electrons. The van der Waals surface area contributed by atoms with Gasteiger partial charge in [-0.2, -0.15) is 13.2 Å². The molecular weight excluding hydrogens is 379 g/mol. The van der Waals surface area contributed by atoms with Gasteiger partial charge in [0.25, 0.3) is 5.91 Å². The average Bonchev–Trinajstić information content (AvgIpc) is 2.60. The van der Waals surface area contributed by atoms with E-state index < -0.39 is 24.7 Å². The summed E-state index contributed by atoms with van der Waals surface area (Å²) >= 11 is 0. The van der Waals surface area contributed by atoms with E-state index in [1.54, 1.807) is 5.32 Å². The van der Waals surface area contributed by atoms with Gasteiger partial charge in [-0.05, 0) is 31.5 Å². The zero-order valence-corrected chi connectivity index (χ0v) is 15.9. The summed E-state index contributed by atoms with van der Waals surface area (Å²) in [5.41, 5.74) is 2.13. The first-order valence-electron chi connectivity index (χ1n) is 9.11. The smallest absolute Gasteiger partial charge is 0.405 e. The van der Waals surface area contributed by atoms with Gasteiger partial charge in [0.05, 0.1) is 19.8 Å². The van der Waals surface area contributed by atoms with E-state index in [0.717, 1.165) is 16.0 Å². The molecule has 1 aliphatic heterocycles. The number of hydrogen-bond acceptors (Lipinski definition) is 4. The van der Waals surface area contributed by atoms with Crippen molar-refractivity contribution in [2.45, 2.75) is 33.0 Å². The fraction of sp³-hybridized carbons (Fsp3) is 0.556. The van der Waals surface area contributed by atoms with Crippen LogP contribution in [0.2, 0.25) is 0 Å². The highest BCUT2D eigenvalue weighted by Gasteiger charge is 2.29. The van der Waals surface area contributed by atoms with Crippen molar-refractivity contribution in [3.05, 3.63) is 23.3 Å². The maximum atomic E-state index is 12.1. The highest BCUT2D eigenvalue weighted by Crippen LogP contribution is 2.32. The van der Waals surface area contributed by atoms with Crippen LogP contribution in [0.5, 0.6) is 11.5 Å². The fourth-order valence-electron chi connectivity index (χ4n) is 3.02. The Kier molecular flexibility index (Phi) is 7.50. The lowest BCUT2D eigenvalue weighted by Crippen LogP contribution is -3.13. The Morgan fingerprint density at radius 2 is 1.71 bits per heavy atom. The molecule has 0 radical (unpaired) electrons. The lowest BCUT2D eigenvalue weighted by molar-refractivity contribution is -0.908. The summed E-state index contributed by atoms with van der Waals surface area (Å²) < 4.78 is 47.5. The van der Waals surface area contributed by atoms with Crippen molar-refractivity contribution in [1.29, 1.82) is 0 Å². The predicted octanol–water partition coefficient (Wildman–Crippen LogP) is 0.813. The molecule has 1 aromatic rings. The lowest BCUT2D eigenvalue weighted by Gasteiger charge is -2.26. The van der Waals surface area contributed by atoms with Gasteiger partial charge in [-0.25, -0.2) is 4.79 Å². The molecule has 2 rings (SSSR count). The van der Waals surface area contributed by atoms with Crippen LogP contribution in [0.4, 0.5) is 18.0 Å². The van der Waals surface area contributed by atoms with Crippen molar-refractivity contribution in [3.8, 4) is 11.5 Å². The standard InChI is InChI=1S/C18H24F3N3O4/c1-3-27-14-7-12-5-6-24(9-13(12)8-15(14)28-4-2)10-16(25)23-17(26)22-11-18(19,20)21/h7-8H,3-6,9-11H2,1-2H3,(H2,22,23,25,26)/p+1. The molecule has 1 atom stereocenters. The second kappa shape index (κ2) is 9.63. The number of hydrogen-bond donors (Lipinski definition) is 3. The van der Waals surface area contributed by atoms with Crippen molar-refractivity contribution in [2.75, 3.05) is 32.8 Å². The number of ether oxygens (including phenoxy) is 2. The average molecular weight is 404 g/mol. The third-order valence-corrected chi connectivity index (χ3v) is 4.17. The van der Waals surface area contributed by atoms with Crippen LogP contribution >= 0.6 is 0 Å². The monoisotopic (exact) mass is 404 g/mol. The molecule has 1 heterocycles. The number of imide groups is 1. The van der Waals surface area contributed by atoms with Crippen LogP contribution in [-0.2, 0) is 17.8 Å². The number of amides is 3. The SMILES string of the molecule is CCOc1cc2c(cc1OCC)C[NH+](CC(=O)NC(=O)NCC(F)(F)F)CC2. The van der Waals surface area contributed by atoms with Crippen LogP contribution < -0.4 is 25.0 Å². The number of quaternary nitrogens is 1. The minimum Gasteiger partial charge on any atom is -0.490 e. The van der Waals surface area contributed by atoms with Gasteiger partial charge in [0.2, 0.25) is 0 Å². The van der Waals surface area contributed by atoms with Gasteiger partial charge in [-0.3, -0.25) is 10.1 Å².